The average Bonchev–Trinajstić information content (AvgIpc) is 2.49. The molecule has 20 heavy (non-hydrogen) atoms. The summed E-state index contributed by atoms with van der Waals surface area (Å²) in [5.74, 6) is -0.569. The van der Waals surface area contributed by atoms with Crippen LogP contribution in [0.25, 0.3) is 0 Å². The Morgan fingerprint density at radius 1 is 1.50 bits per heavy atom. The summed E-state index contributed by atoms with van der Waals surface area (Å²) in [6.45, 7) is 1.28. The molecule has 1 aromatic carbocycles. The van der Waals surface area contributed by atoms with Crippen LogP contribution in [0.15, 0.2) is 24.3 Å². The Morgan fingerprint density at radius 3 is 3.00 bits per heavy atom. The summed E-state index contributed by atoms with van der Waals surface area (Å²) in [5.41, 5.74) is -0.478. The highest BCUT2D eigenvalue weighted by atomic mass is 19.1. The highest BCUT2D eigenvalue weighted by molar-refractivity contribution is 5.35. The lowest BCUT2D eigenvalue weighted by atomic mass is 9.68. The number of benzene rings is 1. The maximum atomic E-state index is 14.1. The molecule has 0 bridgehead atoms. The smallest absolute Gasteiger partial charge is 0.146 e. The summed E-state index contributed by atoms with van der Waals surface area (Å²) in [4.78, 5) is 0. The van der Waals surface area contributed by atoms with Gasteiger partial charge < -0.3 is 14.2 Å². The van der Waals surface area contributed by atoms with Gasteiger partial charge in [-0.05, 0) is 12.5 Å². The van der Waals surface area contributed by atoms with Crippen LogP contribution in [-0.4, -0.2) is 33.7 Å². The molecule has 1 heterocycles. The number of nitrogens with zero attached hydrogens (tertiary/aromatic N) is 1. The highest BCUT2D eigenvalue weighted by Gasteiger charge is 2.45. The van der Waals surface area contributed by atoms with Crippen LogP contribution in [0.4, 0.5) is 4.39 Å². The summed E-state index contributed by atoms with van der Waals surface area (Å²) in [6, 6.07) is 8.75. The molecule has 2 atom stereocenters. The van der Waals surface area contributed by atoms with Gasteiger partial charge in [0, 0.05) is 25.2 Å². The fourth-order valence-corrected chi connectivity index (χ4v) is 2.65. The van der Waals surface area contributed by atoms with E-state index in [0.717, 1.165) is 0 Å². The van der Waals surface area contributed by atoms with Gasteiger partial charge in [-0.1, -0.05) is 18.2 Å². The number of halogens is 1. The number of ether oxygens (including phenoxy) is 3. The fourth-order valence-electron chi connectivity index (χ4n) is 2.65. The Hall–Kier alpha value is -1.48. The predicted octanol–water partition coefficient (Wildman–Crippen LogP) is 2.24. The molecule has 0 amide bonds. The predicted molar refractivity (Wildman–Crippen MR) is 70.4 cm³/mol. The van der Waals surface area contributed by atoms with Crippen molar-refractivity contribution in [3.05, 3.63) is 35.6 Å². The minimum Gasteiger partial charge on any atom is -0.381 e. The van der Waals surface area contributed by atoms with Gasteiger partial charge in [-0.3, -0.25) is 0 Å². The Kier molecular flexibility index (Phi) is 5.07. The van der Waals surface area contributed by atoms with Crippen LogP contribution in [0.1, 0.15) is 12.0 Å². The van der Waals surface area contributed by atoms with E-state index in [1.807, 2.05) is 0 Å². The molecule has 0 aromatic heterocycles. The van der Waals surface area contributed by atoms with Crippen LogP contribution < -0.4 is 0 Å². The zero-order valence-electron chi connectivity index (χ0n) is 11.5. The van der Waals surface area contributed by atoms with Gasteiger partial charge in [0.1, 0.15) is 12.6 Å². The first-order valence-corrected chi connectivity index (χ1v) is 6.55. The van der Waals surface area contributed by atoms with E-state index >= 15 is 0 Å². The molecule has 0 unspecified atom stereocenters. The van der Waals surface area contributed by atoms with E-state index in [1.165, 1.54) is 13.2 Å². The average molecular weight is 279 g/mol. The van der Waals surface area contributed by atoms with Gasteiger partial charge in [0.15, 0.2) is 0 Å². The van der Waals surface area contributed by atoms with Crippen molar-refractivity contribution in [2.75, 3.05) is 33.7 Å². The Balaban J connectivity index is 2.30. The maximum absolute atomic E-state index is 14.1. The molecule has 0 spiro atoms. The van der Waals surface area contributed by atoms with Gasteiger partial charge in [0.2, 0.25) is 0 Å². The standard InChI is InChI=1S/C15H18FNO3/c1-18-11-20-9-12-8-19-7-6-15(12,10-17)13-4-2-3-5-14(13)16/h2-5,12H,6-9,11H2,1H3/t12-,15-/m0/s1. The van der Waals surface area contributed by atoms with E-state index in [0.29, 0.717) is 31.8 Å². The van der Waals surface area contributed by atoms with E-state index < -0.39 is 5.41 Å². The van der Waals surface area contributed by atoms with Gasteiger partial charge >= 0.3 is 0 Å². The number of nitriles is 1. The van der Waals surface area contributed by atoms with Gasteiger partial charge in [-0.25, -0.2) is 4.39 Å². The maximum Gasteiger partial charge on any atom is 0.146 e. The van der Waals surface area contributed by atoms with Crippen LogP contribution in [0.2, 0.25) is 0 Å². The zero-order valence-corrected chi connectivity index (χ0v) is 11.5. The van der Waals surface area contributed by atoms with Gasteiger partial charge in [0.05, 0.1) is 24.7 Å². The molecule has 1 aromatic rings. The molecule has 0 aliphatic carbocycles. The second-order valence-electron chi connectivity index (χ2n) is 4.86. The van der Waals surface area contributed by atoms with Crippen LogP contribution in [0.5, 0.6) is 0 Å². The summed E-state index contributed by atoms with van der Waals surface area (Å²) >= 11 is 0. The summed E-state index contributed by atoms with van der Waals surface area (Å²) in [7, 11) is 1.53. The van der Waals surface area contributed by atoms with Crippen LogP contribution >= 0.6 is 0 Å². The van der Waals surface area contributed by atoms with Gasteiger partial charge in [-0.15, -0.1) is 0 Å². The van der Waals surface area contributed by atoms with Crippen LogP contribution in [-0.2, 0) is 19.6 Å². The lowest BCUT2D eigenvalue weighted by Gasteiger charge is -2.39. The summed E-state index contributed by atoms with van der Waals surface area (Å²) < 4.78 is 29.8. The molecular formula is C15H18FNO3. The zero-order chi connectivity index (χ0) is 14.4. The summed E-state index contributed by atoms with van der Waals surface area (Å²) in [5, 5.41) is 9.69. The summed E-state index contributed by atoms with van der Waals surface area (Å²) in [6.07, 6.45) is 0.464. The van der Waals surface area contributed by atoms with Gasteiger partial charge in [0.25, 0.3) is 0 Å². The van der Waals surface area contributed by atoms with Crippen molar-refractivity contribution < 1.29 is 18.6 Å². The van der Waals surface area contributed by atoms with E-state index in [1.54, 1.807) is 18.2 Å². The van der Waals surface area contributed by atoms with E-state index in [4.69, 9.17) is 14.2 Å². The molecule has 1 fully saturated rings. The van der Waals surface area contributed by atoms with Crippen molar-refractivity contribution in [2.45, 2.75) is 11.8 Å². The molecule has 2 rings (SSSR count). The third-order valence-corrected chi connectivity index (χ3v) is 3.73. The van der Waals surface area contributed by atoms with Crippen molar-refractivity contribution in [3.8, 4) is 6.07 Å². The van der Waals surface area contributed by atoms with E-state index in [-0.39, 0.29) is 18.5 Å². The molecule has 4 nitrogen and oxygen atoms in total. The topological polar surface area (TPSA) is 51.5 Å². The lowest BCUT2D eigenvalue weighted by Crippen LogP contribution is -2.45. The first-order chi connectivity index (χ1) is 9.74. The lowest BCUT2D eigenvalue weighted by molar-refractivity contribution is -0.0788. The van der Waals surface area contributed by atoms with Crippen molar-refractivity contribution in [3.63, 3.8) is 0 Å². The molecule has 108 valence electrons. The molecule has 0 saturated carbocycles. The number of methoxy groups -OCH3 is 1. The first-order valence-electron chi connectivity index (χ1n) is 6.55. The fraction of sp³-hybridized carbons (Fsp3) is 0.533. The first kappa shape index (κ1) is 14.9. The van der Waals surface area contributed by atoms with E-state index in [2.05, 4.69) is 6.07 Å². The van der Waals surface area contributed by atoms with Crippen LogP contribution in [0.3, 0.4) is 0 Å². The minimum atomic E-state index is -0.905. The van der Waals surface area contributed by atoms with Crippen molar-refractivity contribution in [1.82, 2.24) is 0 Å². The van der Waals surface area contributed by atoms with Crippen molar-refractivity contribution in [1.29, 1.82) is 5.26 Å². The third-order valence-electron chi connectivity index (χ3n) is 3.73. The number of hydrogen-bond donors (Lipinski definition) is 0. The second-order valence-corrected chi connectivity index (χ2v) is 4.86. The molecule has 1 saturated heterocycles. The molecule has 1 aliphatic rings. The molecule has 0 N–H and O–H groups in total. The normalized spacial score (nSPS) is 26.1. The quantitative estimate of drug-likeness (QED) is 0.612. The molecule has 5 heteroatoms. The Labute approximate surface area is 118 Å². The minimum absolute atomic E-state index is 0.148. The van der Waals surface area contributed by atoms with Crippen LogP contribution in [0, 0.1) is 23.1 Å². The van der Waals surface area contributed by atoms with Gasteiger partial charge in [-0.2, -0.15) is 5.26 Å². The monoisotopic (exact) mass is 279 g/mol. The Bertz CT molecular complexity index is 488. The molecule has 1 aliphatic heterocycles. The highest BCUT2D eigenvalue weighted by Crippen LogP contribution is 2.40. The van der Waals surface area contributed by atoms with Crippen molar-refractivity contribution in [2.24, 2.45) is 5.92 Å². The SMILES string of the molecule is COCOC[C@@H]1COCC[C@@]1(C#N)c1ccccc1F. The van der Waals surface area contributed by atoms with E-state index in [9.17, 15) is 9.65 Å². The molecular weight excluding hydrogens is 261 g/mol. The second kappa shape index (κ2) is 6.80. The number of hydrogen-bond acceptors (Lipinski definition) is 4. The Morgan fingerprint density at radius 2 is 2.30 bits per heavy atom. The largest absolute Gasteiger partial charge is 0.381 e. The third kappa shape index (κ3) is 2.83. The molecule has 0 radical (unpaired) electrons. The number of rotatable bonds is 5. The van der Waals surface area contributed by atoms with Crippen molar-refractivity contribution >= 4 is 0 Å².